The summed E-state index contributed by atoms with van der Waals surface area (Å²) in [6.45, 7) is 2.26. The largest absolute Gasteiger partial charge is 0.488 e. The van der Waals surface area contributed by atoms with Crippen LogP contribution in [0.15, 0.2) is 66.7 Å². The van der Waals surface area contributed by atoms with Gasteiger partial charge in [-0.05, 0) is 17.9 Å². The second-order valence-corrected chi connectivity index (χ2v) is 5.16. The molecule has 0 spiro atoms. The van der Waals surface area contributed by atoms with Gasteiger partial charge in [-0.2, -0.15) is 0 Å². The molecule has 0 aliphatic heterocycles. The first-order chi connectivity index (χ1) is 10.3. The van der Waals surface area contributed by atoms with E-state index in [2.05, 4.69) is 6.07 Å². The van der Waals surface area contributed by atoms with Crippen LogP contribution in [0.25, 0.3) is 10.8 Å². The van der Waals surface area contributed by atoms with Gasteiger partial charge in [0.1, 0.15) is 12.4 Å². The van der Waals surface area contributed by atoms with Crippen molar-refractivity contribution >= 4 is 10.8 Å². The molecule has 2 nitrogen and oxygen atoms in total. The number of hydrogen-bond donors (Lipinski definition) is 1. The van der Waals surface area contributed by atoms with E-state index in [1.165, 1.54) is 0 Å². The van der Waals surface area contributed by atoms with Gasteiger partial charge in [-0.3, -0.25) is 0 Å². The van der Waals surface area contributed by atoms with Crippen LogP contribution in [0.1, 0.15) is 24.2 Å². The first-order valence-electron chi connectivity index (χ1n) is 7.12. The van der Waals surface area contributed by atoms with Crippen LogP contribution in [-0.2, 0) is 6.61 Å². The van der Waals surface area contributed by atoms with Gasteiger partial charge in [0, 0.05) is 10.9 Å². The number of fused-ring (bicyclic) bond motifs is 1. The highest BCUT2D eigenvalue weighted by molar-refractivity contribution is 5.89. The molecule has 3 aromatic rings. The summed E-state index contributed by atoms with van der Waals surface area (Å²) in [6, 6.07) is 22.1. The number of aliphatic hydroxyl groups excluding tert-OH is 1. The lowest BCUT2D eigenvalue weighted by Gasteiger charge is -2.16. The summed E-state index contributed by atoms with van der Waals surface area (Å²) in [5.74, 6) is 0.770. The number of rotatable bonds is 4. The Bertz CT molecular complexity index is 733. The second-order valence-electron chi connectivity index (χ2n) is 5.16. The highest BCUT2D eigenvalue weighted by Crippen LogP contribution is 2.34. The molecule has 21 heavy (non-hydrogen) atoms. The Morgan fingerprint density at radius 3 is 2.38 bits per heavy atom. The van der Waals surface area contributed by atoms with E-state index in [4.69, 9.17) is 4.74 Å². The molecule has 2 heteroatoms. The molecule has 0 saturated carbocycles. The predicted octanol–water partition coefficient (Wildman–Crippen LogP) is 4.47. The molecule has 0 amide bonds. The Morgan fingerprint density at radius 2 is 1.62 bits per heavy atom. The van der Waals surface area contributed by atoms with Crippen molar-refractivity contribution in [2.24, 2.45) is 0 Å². The van der Waals surface area contributed by atoms with E-state index >= 15 is 0 Å². The molecular formula is C19H18O2. The zero-order chi connectivity index (χ0) is 14.7. The average Bonchev–Trinajstić information content (AvgIpc) is 2.53. The van der Waals surface area contributed by atoms with Crippen LogP contribution in [-0.4, -0.2) is 5.11 Å². The third-order valence-corrected chi connectivity index (χ3v) is 3.59. The maximum absolute atomic E-state index is 9.98. The minimum absolute atomic E-state index is 0.495. The molecule has 0 saturated heterocycles. The van der Waals surface area contributed by atoms with Crippen molar-refractivity contribution in [1.29, 1.82) is 0 Å². The fourth-order valence-electron chi connectivity index (χ4n) is 2.48. The maximum atomic E-state index is 9.98. The van der Waals surface area contributed by atoms with Gasteiger partial charge in [-0.1, -0.05) is 66.7 Å². The summed E-state index contributed by atoms with van der Waals surface area (Å²) in [7, 11) is 0. The van der Waals surface area contributed by atoms with Gasteiger partial charge in [0.15, 0.2) is 0 Å². The molecule has 0 radical (unpaired) electrons. The van der Waals surface area contributed by atoms with Gasteiger partial charge < -0.3 is 9.84 Å². The molecule has 0 aliphatic rings. The lowest BCUT2D eigenvalue weighted by atomic mass is 10.0. The van der Waals surface area contributed by atoms with Crippen LogP contribution in [0.5, 0.6) is 5.75 Å². The van der Waals surface area contributed by atoms with Gasteiger partial charge in [0.25, 0.3) is 0 Å². The van der Waals surface area contributed by atoms with Crippen LogP contribution < -0.4 is 4.74 Å². The maximum Gasteiger partial charge on any atom is 0.133 e. The molecule has 1 atom stereocenters. The highest BCUT2D eigenvalue weighted by Gasteiger charge is 2.13. The second kappa shape index (κ2) is 5.98. The van der Waals surface area contributed by atoms with E-state index in [1.54, 1.807) is 6.92 Å². The molecule has 0 heterocycles. The van der Waals surface area contributed by atoms with Crippen LogP contribution in [0.3, 0.4) is 0 Å². The monoisotopic (exact) mass is 278 g/mol. The molecule has 3 aromatic carbocycles. The summed E-state index contributed by atoms with van der Waals surface area (Å²) in [4.78, 5) is 0. The van der Waals surface area contributed by atoms with E-state index in [9.17, 15) is 5.11 Å². The summed E-state index contributed by atoms with van der Waals surface area (Å²) >= 11 is 0. The molecule has 0 fully saturated rings. The first kappa shape index (κ1) is 13.7. The summed E-state index contributed by atoms with van der Waals surface area (Å²) in [5.41, 5.74) is 1.94. The van der Waals surface area contributed by atoms with Crippen LogP contribution >= 0.6 is 0 Å². The van der Waals surface area contributed by atoms with Crippen molar-refractivity contribution in [3.05, 3.63) is 77.9 Å². The lowest BCUT2D eigenvalue weighted by Crippen LogP contribution is -2.01. The lowest BCUT2D eigenvalue weighted by molar-refractivity contribution is 0.191. The molecule has 1 N–H and O–H groups in total. The summed E-state index contributed by atoms with van der Waals surface area (Å²) < 4.78 is 6.04. The molecule has 0 aromatic heterocycles. The average molecular weight is 278 g/mol. The SMILES string of the molecule is C[C@@H](O)c1ccc2ccccc2c1OCc1ccccc1. The van der Waals surface area contributed by atoms with Crippen molar-refractivity contribution in [3.8, 4) is 5.75 Å². The van der Waals surface area contributed by atoms with Crippen molar-refractivity contribution < 1.29 is 9.84 Å². The molecule has 0 aliphatic carbocycles. The summed E-state index contributed by atoms with van der Waals surface area (Å²) in [6.07, 6.45) is -0.555. The van der Waals surface area contributed by atoms with Gasteiger partial charge in [0.05, 0.1) is 6.10 Å². The summed E-state index contributed by atoms with van der Waals surface area (Å²) in [5, 5.41) is 12.1. The number of ether oxygens (including phenoxy) is 1. The van der Waals surface area contributed by atoms with Gasteiger partial charge >= 0.3 is 0 Å². The number of hydrogen-bond acceptors (Lipinski definition) is 2. The third-order valence-electron chi connectivity index (χ3n) is 3.59. The Labute approximate surface area is 124 Å². The quantitative estimate of drug-likeness (QED) is 0.763. The smallest absolute Gasteiger partial charge is 0.133 e. The Morgan fingerprint density at radius 1 is 0.905 bits per heavy atom. The number of aliphatic hydroxyl groups is 1. The van der Waals surface area contributed by atoms with Crippen molar-refractivity contribution in [2.45, 2.75) is 19.6 Å². The van der Waals surface area contributed by atoms with E-state index in [1.807, 2.05) is 60.7 Å². The van der Waals surface area contributed by atoms with Gasteiger partial charge in [-0.25, -0.2) is 0 Å². The van der Waals surface area contributed by atoms with Crippen LogP contribution in [0.2, 0.25) is 0 Å². The van der Waals surface area contributed by atoms with Crippen LogP contribution in [0, 0.1) is 0 Å². The van der Waals surface area contributed by atoms with Crippen LogP contribution in [0.4, 0.5) is 0 Å². The predicted molar refractivity (Wildman–Crippen MR) is 85.4 cm³/mol. The van der Waals surface area contributed by atoms with Crippen molar-refractivity contribution in [1.82, 2.24) is 0 Å². The van der Waals surface area contributed by atoms with Crippen molar-refractivity contribution in [3.63, 3.8) is 0 Å². The molecule has 0 unspecified atom stereocenters. The van der Waals surface area contributed by atoms with Gasteiger partial charge in [-0.15, -0.1) is 0 Å². The third kappa shape index (κ3) is 2.91. The Kier molecular flexibility index (Phi) is 3.89. The molecule has 3 rings (SSSR count). The van der Waals surface area contributed by atoms with E-state index < -0.39 is 6.10 Å². The fraction of sp³-hybridized carbons (Fsp3) is 0.158. The number of benzene rings is 3. The molecule has 106 valence electrons. The normalized spacial score (nSPS) is 12.3. The topological polar surface area (TPSA) is 29.5 Å². The van der Waals surface area contributed by atoms with E-state index in [0.29, 0.717) is 6.61 Å². The zero-order valence-electron chi connectivity index (χ0n) is 12.0. The van der Waals surface area contributed by atoms with Crippen molar-refractivity contribution in [2.75, 3.05) is 0 Å². The zero-order valence-corrected chi connectivity index (χ0v) is 12.0. The first-order valence-corrected chi connectivity index (χ1v) is 7.12. The van der Waals surface area contributed by atoms with Gasteiger partial charge in [0.2, 0.25) is 0 Å². The standard InChI is InChI=1S/C19H18O2/c1-14(20)17-12-11-16-9-5-6-10-18(16)19(17)21-13-15-7-3-2-4-8-15/h2-12,14,20H,13H2,1H3/t14-/m1/s1. The minimum atomic E-state index is -0.555. The highest BCUT2D eigenvalue weighted by atomic mass is 16.5. The fourth-order valence-corrected chi connectivity index (χ4v) is 2.48. The van der Waals surface area contributed by atoms with E-state index in [-0.39, 0.29) is 0 Å². The van der Waals surface area contributed by atoms with E-state index in [0.717, 1.165) is 27.6 Å². The molecular weight excluding hydrogens is 260 g/mol. The Hall–Kier alpha value is -2.32. The Balaban J connectivity index is 2.00. The minimum Gasteiger partial charge on any atom is -0.488 e. The molecule has 0 bridgehead atoms.